The van der Waals surface area contributed by atoms with E-state index in [1.807, 2.05) is 30.5 Å². The first kappa shape index (κ1) is 15.2. The van der Waals surface area contributed by atoms with Crippen LogP contribution in [0.5, 0.6) is 0 Å². The fourth-order valence-corrected chi connectivity index (χ4v) is 3.15. The summed E-state index contributed by atoms with van der Waals surface area (Å²) in [6, 6.07) is 8.00. The highest BCUT2D eigenvalue weighted by Gasteiger charge is 2.60. The van der Waals surface area contributed by atoms with Crippen LogP contribution in [0.15, 0.2) is 40.8 Å². The topological polar surface area (TPSA) is 29.1 Å². The Labute approximate surface area is 126 Å². The number of carbonyl (C=O) groups excluding carboxylic acids is 1. The van der Waals surface area contributed by atoms with Gasteiger partial charge in [0.15, 0.2) is 0 Å². The van der Waals surface area contributed by atoms with E-state index < -0.39 is 0 Å². The molecule has 0 heterocycles. The monoisotopic (exact) mass is 289 g/mol. The number of hydrogen-bond acceptors (Lipinski definition) is 2. The van der Waals surface area contributed by atoms with Crippen LogP contribution in [0.4, 0.5) is 5.69 Å². The molecule has 1 aromatic rings. The number of amides is 1. The summed E-state index contributed by atoms with van der Waals surface area (Å²) in [5.74, 6) is 0.574. The Bertz CT molecular complexity index is 526. The standard InChI is InChI=1S/C17H23NOS/c1-11(2)10-14-15(17(14,3)4)16(19)18-12-6-8-13(20-5)9-7-12/h6-10,14-15H,1-5H3,(H,18,19)/t14-,15-/m0/s1. The van der Waals surface area contributed by atoms with Crippen molar-refractivity contribution in [3.63, 3.8) is 0 Å². The number of allylic oxidation sites excluding steroid dienone is 2. The molecule has 0 aliphatic heterocycles. The van der Waals surface area contributed by atoms with Gasteiger partial charge in [0.2, 0.25) is 5.91 Å². The lowest BCUT2D eigenvalue weighted by Crippen LogP contribution is -2.16. The Balaban J connectivity index is 2.04. The molecule has 2 rings (SSSR count). The molecule has 1 aliphatic rings. The lowest BCUT2D eigenvalue weighted by Gasteiger charge is -2.06. The van der Waals surface area contributed by atoms with E-state index in [4.69, 9.17) is 0 Å². The fourth-order valence-electron chi connectivity index (χ4n) is 2.74. The summed E-state index contributed by atoms with van der Waals surface area (Å²) in [6.07, 6.45) is 4.27. The van der Waals surface area contributed by atoms with E-state index in [0.29, 0.717) is 5.92 Å². The van der Waals surface area contributed by atoms with Crippen molar-refractivity contribution in [2.24, 2.45) is 17.3 Å². The summed E-state index contributed by atoms with van der Waals surface area (Å²) in [5, 5.41) is 3.04. The van der Waals surface area contributed by atoms with Gasteiger partial charge in [0.1, 0.15) is 0 Å². The third-order valence-corrected chi connectivity index (χ3v) is 4.81. The Morgan fingerprint density at radius 2 is 1.85 bits per heavy atom. The number of hydrogen-bond donors (Lipinski definition) is 1. The molecule has 0 unspecified atom stereocenters. The number of rotatable bonds is 4. The minimum absolute atomic E-state index is 0.0700. The van der Waals surface area contributed by atoms with Crippen molar-refractivity contribution >= 4 is 23.4 Å². The van der Waals surface area contributed by atoms with E-state index in [0.717, 1.165) is 5.69 Å². The van der Waals surface area contributed by atoms with Gasteiger partial charge in [0.25, 0.3) is 0 Å². The normalized spacial score (nSPS) is 23.1. The molecule has 2 atom stereocenters. The fraction of sp³-hybridized carbons (Fsp3) is 0.471. The molecule has 108 valence electrons. The molecule has 1 amide bonds. The van der Waals surface area contributed by atoms with Gasteiger partial charge in [-0.3, -0.25) is 4.79 Å². The molecular weight excluding hydrogens is 266 g/mol. The Kier molecular flexibility index (Phi) is 4.28. The van der Waals surface area contributed by atoms with Crippen molar-refractivity contribution in [3.8, 4) is 0 Å². The third kappa shape index (κ3) is 3.09. The van der Waals surface area contributed by atoms with Gasteiger partial charge in [0.05, 0.1) is 5.92 Å². The summed E-state index contributed by atoms with van der Waals surface area (Å²) in [4.78, 5) is 13.6. The van der Waals surface area contributed by atoms with E-state index in [-0.39, 0.29) is 17.2 Å². The van der Waals surface area contributed by atoms with Gasteiger partial charge in [-0.15, -0.1) is 11.8 Å². The van der Waals surface area contributed by atoms with Crippen LogP contribution in [0, 0.1) is 17.3 Å². The van der Waals surface area contributed by atoms with Gasteiger partial charge in [-0.05, 0) is 55.7 Å². The minimum atomic E-state index is 0.0700. The number of thioether (sulfide) groups is 1. The highest BCUT2D eigenvalue weighted by molar-refractivity contribution is 7.98. The zero-order valence-corrected chi connectivity index (χ0v) is 13.7. The molecule has 1 saturated carbocycles. The Morgan fingerprint density at radius 3 is 2.35 bits per heavy atom. The predicted molar refractivity (Wildman–Crippen MR) is 87.0 cm³/mol. The molecular formula is C17H23NOS. The van der Waals surface area contributed by atoms with Crippen LogP contribution in [0.3, 0.4) is 0 Å². The van der Waals surface area contributed by atoms with Crippen molar-refractivity contribution in [2.75, 3.05) is 11.6 Å². The van der Waals surface area contributed by atoms with Crippen LogP contribution in [0.1, 0.15) is 27.7 Å². The van der Waals surface area contributed by atoms with E-state index in [1.165, 1.54) is 10.5 Å². The number of benzene rings is 1. The lowest BCUT2D eigenvalue weighted by molar-refractivity contribution is -0.118. The summed E-state index contributed by atoms with van der Waals surface area (Å²) in [7, 11) is 0. The van der Waals surface area contributed by atoms with Crippen molar-refractivity contribution in [2.45, 2.75) is 32.6 Å². The number of anilines is 1. The van der Waals surface area contributed by atoms with Crippen molar-refractivity contribution in [1.82, 2.24) is 0 Å². The van der Waals surface area contributed by atoms with E-state index >= 15 is 0 Å². The first-order valence-corrected chi connectivity index (χ1v) is 8.18. The second-order valence-electron chi connectivity index (χ2n) is 6.29. The van der Waals surface area contributed by atoms with Gasteiger partial charge >= 0.3 is 0 Å². The maximum absolute atomic E-state index is 12.4. The van der Waals surface area contributed by atoms with Crippen LogP contribution >= 0.6 is 11.8 Å². The molecule has 20 heavy (non-hydrogen) atoms. The van der Waals surface area contributed by atoms with Crippen molar-refractivity contribution in [1.29, 1.82) is 0 Å². The van der Waals surface area contributed by atoms with Crippen molar-refractivity contribution in [3.05, 3.63) is 35.9 Å². The molecule has 3 heteroatoms. The molecule has 1 aromatic carbocycles. The van der Waals surface area contributed by atoms with Gasteiger partial charge in [-0.2, -0.15) is 0 Å². The van der Waals surface area contributed by atoms with Crippen LogP contribution in [0.2, 0.25) is 0 Å². The first-order valence-electron chi connectivity index (χ1n) is 6.96. The zero-order valence-electron chi connectivity index (χ0n) is 12.9. The smallest absolute Gasteiger partial charge is 0.228 e. The Morgan fingerprint density at radius 1 is 1.25 bits per heavy atom. The van der Waals surface area contributed by atoms with Crippen LogP contribution < -0.4 is 5.32 Å². The number of carbonyl (C=O) groups is 1. The van der Waals surface area contributed by atoms with E-state index in [1.54, 1.807) is 11.8 Å². The molecule has 1 N–H and O–H groups in total. The zero-order chi connectivity index (χ0) is 14.9. The Hall–Kier alpha value is -1.22. The van der Waals surface area contributed by atoms with E-state index in [2.05, 4.69) is 39.1 Å². The quantitative estimate of drug-likeness (QED) is 0.649. The second-order valence-corrected chi connectivity index (χ2v) is 7.17. The molecule has 0 radical (unpaired) electrons. The van der Waals surface area contributed by atoms with Crippen LogP contribution in [-0.2, 0) is 4.79 Å². The largest absolute Gasteiger partial charge is 0.326 e. The summed E-state index contributed by atoms with van der Waals surface area (Å²) in [5.41, 5.74) is 2.23. The predicted octanol–water partition coefficient (Wildman–Crippen LogP) is 4.59. The van der Waals surface area contributed by atoms with Crippen LogP contribution in [0.25, 0.3) is 0 Å². The first-order chi connectivity index (χ1) is 9.36. The molecule has 0 spiro atoms. The highest BCUT2D eigenvalue weighted by Crippen LogP contribution is 2.59. The van der Waals surface area contributed by atoms with Crippen LogP contribution in [-0.4, -0.2) is 12.2 Å². The molecule has 1 aliphatic carbocycles. The summed E-state index contributed by atoms with van der Waals surface area (Å²) >= 11 is 1.70. The minimum Gasteiger partial charge on any atom is -0.326 e. The lowest BCUT2D eigenvalue weighted by atomic mass is 10.1. The van der Waals surface area contributed by atoms with E-state index in [9.17, 15) is 4.79 Å². The summed E-state index contributed by atoms with van der Waals surface area (Å²) in [6.45, 7) is 8.51. The van der Waals surface area contributed by atoms with Gasteiger partial charge in [0, 0.05) is 10.6 Å². The second kappa shape index (κ2) is 5.65. The van der Waals surface area contributed by atoms with Gasteiger partial charge in [-0.25, -0.2) is 0 Å². The maximum Gasteiger partial charge on any atom is 0.228 e. The SMILES string of the molecule is CSc1ccc(NC(=O)[C@@H]2[C@H](C=C(C)C)C2(C)C)cc1. The van der Waals surface area contributed by atoms with Gasteiger partial charge in [-0.1, -0.05) is 25.5 Å². The average molecular weight is 289 g/mol. The molecule has 1 fully saturated rings. The number of nitrogens with one attached hydrogen (secondary N) is 1. The molecule has 0 saturated heterocycles. The molecule has 0 aromatic heterocycles. The maximum atomic E-state index is 12.4. The highest BCUT2D eigenvalue weighted by atomic mass is 32.2. The van der Waals surface area contributed by atoms with Crippen molar-refractivity contribution < 1.29 is 4.79 Å². The summed E-state index contributed by atoms with van der Waals surface area (Å²) < 4.78 is 0. The molecule has 0 bridgehead atoms. The van der Waals surface area contributed by atoms with Gasteiger partial charge < -0.3 is 5.32 Å². The average Bonchev–Trinajstić information content (AvgIpc) is 2.91. The molecule has 2 nitrogen and oxygen atoms in total. The third-order valence-electron chi connectivity index (χ3n) is 4.06.